The molecular weight excluding hydrogens is 430 g/mol. The van der Waals surface area contributed by atoms with E-state index in [4.69, 9.17) is 11.6 Å². The van der Waals surface area contributed by atoms with Crippen LogP contribution in [0.25, 0.3) is 17.2 Å². The van der Waals surface area contributed by atoms with Crippen molar-refractivity contribution in [2.24, 2.45) is 0 Å². The number of carbonyl (C=O) groups is 1. The highest BCUT2D eigenvalue weighted by molar-refractivity contribution is 7.99. The van der Waals surface area contributed by atoms with Crippen LogP contribution in [-0.2, 0) is 4.79 Å². The molecule has 156 valence electrons. The number of aryl methyl sites for hydroxylation is 2. The molecule has 0 aliphatic carbocycles. The van der Waals surface area contributed by atoms with Crippen molar-refractivity contribution in [2.75, 3.05) is 11.1 Å². The van der Waals surface area contributed by atoms with Crippen molar-refractivity contribution in [1.82, 2.24) is 19.7 Å². The number of nitrogens with zero attached hydrogens (tertiary/aromatic N) is 4. The average molecular weight is 450 g/mol. The van der Waals surface area contributed by atoms with E-state index < -0.39 is 0 Å². The van der Waals surface area contributed by atoms with Crippen molar-refractivity contribution in [3.63, 3.8) is 0 Å². The second-order valence-corrected chi connectivity index (χ2v) is 8.37. The standard InChI is InChI=1S/C23H20ClN5OS/c1-15-6-11-19(16(2)13-15)26-21(30)14-31-23-28-27-22(20-5-3-4-12-25-20)29(23)18-9-7-17(24)8-10-18/h3-13H,14H2,1-2H3,(H,26,30). The number of rotatable bonds is 6. The highest BCUT2D eigenvalue weighted by Crippen LogP contribution is 2.28. The van der Waals surface area contributed by atoms with Gasteiger partial charge in [-0.05, 0) is 61.9 Å². The first-order valence-corrected chi connectivity index (χ1v) is 11.0. The number of carbonyl (C=O) groups excluding carboxylic acids is 1. The summed E-state index contributed by atoms with van der Waals surface area (Å²) in [5, 5.41) is 12.9. The first-order valence-electron chi connectivity index (χ1n) is 9.64. The Morgan fingerprint density at radius 1 is 1.06 bits per heavy atom. The number of benzene rings is 2. The van der Waals surface area contributed by atoms with E-state index in [2.05, 4.69) is 20.5 Å². The van der Waals surface area contributed by atoms with Crippen LogP contribution < -0.4 is 5.32 Å². The molecule has 0 fully saturated rings. The van der Waals surface area contributed by atoms with Gasteiger partial charge in [0.15, 0.2) is 11.0 Å². The molecule has 1 N–H and O–H groups in total. The van der Waals surface area contributed by atoms with Crippen molar-refractivity contribution in [3.8, 4) is 17.2 Å². The average Bonchev–Trinajstić information content (AvgIpc) is 3.19. The lowest BCUT2D eigenvalue weighted by molar-refractivity contribution is -0.113. The van der Waals surface area contributed by atoms with E-state index >= 15 is 0 Å². The molecule has 4 rings (SSSR count). The fourth-order valence-electron chi connectivity index (χ4n) is 3.12. The Labute approximate surface area is 189 Å². The molecule has 8 heteroatoms. The van der Waals surface area contributed by atoms with Gasteiger partial charge in [0.2, 0.25) is 5.91 Å². The normalized spacial score (nSPS) is 10.8. The van der Waals surface area contributed by atoms with E-state index in [0.29, 0.717) is 21.7 Å². The van der Waals surface area contributed by atoms with Crippen molar-refractivity contribution in [2.45, 2.75) is 19.0 Å². The van der Waals surface area contributed by atoms with Gasteiger partial charge in [-0.3, -0.25) is 14.3 Å². The number of amides is 1. The summed E-state index contributed by atoms with van der Waals surface area (Å²) in [6.45, 7) is 4.00. The van der Waals surface area contributed by atoms with Gasteiger partial charge in [0, 0.05) is 22.6 Å². The van der Waals surface area contributed by atoms with E-state index in [-0.39, 0.29) is 11.7 Å². The molecule has 1 amide bonds. The maximum atomic E-state index is 12.6. The van der Waals surface area contributed by atoms with Crippen molar-refractivity contribution in [3.05, 3.63) is 83.0 Å². The third kappa shape index (κ3) is 4.95. The Morgan fingerprint density at radius 3 is 2.58 bits per heavy atom. The first-order chi connectivity index (χ1) is 15.0. The summed E-state index contributed by atoms with van der Waals surface area (Å²) in [5.74, 6) is 0.684. The van der Waals surface area contributed by atoms with Crippen molar-refractivity contribution < 1.29 is 4.79 Å². The third-order valence-electron chi connectivity index (χ3n) is 4.60. The molecule has 2 aromatic heterocycles. The minimum absolute atomic E-state index is 0.109. The topological polar surface area (TPSA) is 72.7 Å². The fraction of sp³-hybridized carbons (Fsp3) is 0.130. The number of anilines is 1. The molecule has 0 atom stereocenters. The molecule has 0 aliphatic heterocycles. The molecule has 4 aromatic rings. The van der Waals surface area contributed by atoms with Crippen LogP contribution in [0.2, 0.25) is 5.02 Å². The zero-order valence-corrected chi connectivity index (χ0v) is 18.6. The lowest BCUT2D eigenvalue weighted by Gasteiger charge is -2.11. The predicted molar refractivity (Wildman–Crippen MR) is 125 cm³/mol. The summed E-state index contributed by atoms with van der Waals surface area (Å²) in [6.07, 6.45) is 1.71. The number of thioether (sulfide) groups is 1. The third-order valence-corrected chi connectivity index (χ3v) is 5.78. The zero-order chi connectivity index (χ0) is 21.8. The van der Waals surface area contributed by atoms with Gasteiger partial charge >= 0.3 is 0 Å². The highest BCUT2D eigenvalue weighted by Gasteiger charge is 2.18. The molecule has 2 aromatic carbocycles. The molecule has 6 nitrogen and oxygen atoms in total. The van der Waals surface area contributed by atoms with Gasteiger partial charge < -0.3 is 5.32 Å². The van der Waals surface area contributed by atoms with E-state index in [9.17, 15) is 4.79 Å². The van der Waals surface area contributed by atoms with Crippen LogP contribution in [0.3, 0.4) is 0 Å². The summed E-state index contributed by atoms with van der Waals surface area (Å²) in [5.41, 5.74) is 4.52. The molecular formula is C23H20ClN5OS. The molecule has 0 bridgehead atoms. The van der Waals surface area contributed by atoms with Crippen molar-refractivity contribution in [1.29, 1.82) is 0 Å². The van der Waals surface area contributed by atoms with E-state index in [0.717, 1.165) is 22.5 Å². The van der Waals surface area contributed by atoms with Gasteiger partial charge in [-0.15, -0.1) is 10.2 Å². The number of hydrogen-bond donors (Lipinski definition) is 1. The van der Waals surface area contributed by atoms with Gasteiger partial charge in [0.25, 0.3) is 0 Å². The molecule has 0 radical (unpaired) electrons. The van der Waals surface area contributed by atoms with Crippen LogP contribution in [0.5, 0.6) is 0 Å². The molecule has 0 unspecified atom stereocenters. The zero-order valence-electron chi connectivity index (χ0n) is 17.0. The Kier molecular flexibility index (Phi) is 6.34. The van der Waals surface area contributed by atoms with E-state index in [1.807, 2.05) is 66.9 Å². The maximum Gasteiger partial charge on any atom is 0.234 e. The fourth-order valence-corrected chi connectivity index (χ4v) is 4.00. The largest absolute Gasteiger partial charge is 0.325 e. The summed E-state index contributed by atoms with van der Waals surface area (Å²) < 4.78 is 1.88. The smallest absolute Gasteiger partial charge is 0.234 e. The van der Waals surface area contributed by atoms with Crippen LogP contribution in [0, 0.1) is 13.8 Å². The summed E-state index contributed by atoms with van der Waals surface area (Å²) in [6, 6.07) is 18.9. The second kappa shape index (κ2) is 9.32. The summed E-state index contributed by atoms with van der Waals surface area (Å²) in [7, 11) is 0. The molecule has 0 saturated carbocycles. The van der Waals surface area contributed by atoms with Gasteiger partial charge in [-0.25, -0.2) is 0 Å². The number of nitrogens with one attached hydrogen (secondary N) is 1. The Balaban J connectivity index is 1.58. The first kappa shape index (κ1) is 21.1. The quantitative estimate of drug-likeness (QED) is 0.403. The number of pyridine rings is 1. The number of hydrogen-bond acceptors (Lipinski definition) is 5. The summed E-state index contributed by atoms with van der Waals surface area (Å²) in [4.78, 5) is 17.0. The van der Waals surface area contributed by atoms with Gasteiger partial charge in [0.05, 0.1) is 5.75 Å². The lowest BCUT2D eigenvalue weighted by Crippen LogP contribution is -2.15. The molecule has 31 heavy (non-hydrogen) atoms. The number of halogens is 1. The Morgan fingerprint density at radius 2 is 1.87 bits per heavy atom. The molecule has 2 heterocycles. The molecule has 0 saturated heterocycles. The second-order valence-electron chi connectivity index (χ2n) is 6.99. The Bertz CT molecular complexity index is 1210. The SMILES string of the molecule is Cc1ccc(NC(=O)CSc2nnc(-c3ccccn3)n2-c2ccc(Cl)cc2)c(C)c1. The minimum Gasteiger partial charge on any atom is -0.325 e. The monoisotopic (exact) mass is 449 g/mol. The maximum absolute atomic E-state index is 12.6. The van der Waals surface area contributed by atoms with Gasteiger partial charge in [-0.1, -0.05) is 47.1 Å². The van der Waals surface area contributed by atoms with E-state index in [1.165, 1.54) is 11.8 Å². The van der Waals surface area contributed by atoms with Crippen molar-refractivity contribution >= 4 is 35.0 Å². The Hall–Kier alpha value is -3.16. The van der Waals surface area contributed by atoms with Crippen LogP contribution in [0.15, 0.2) is 72.0 Å². The molecule has 0 spiro atoms. The lowest BCUT2D eigenvalue weighted by atomic mass is 10.1. The van der Waals surface area contributed by atoms with Gasteiger partial charge in [-0.2, -0.15) is 0 Å². The number of aromatic nitrogens is 4. The van der Waals surface area contributed by atoms with Crippen LogP contribution >= 0.6 is 23.4 Å². The summed E-state index contributed by atoms with van der Waals surface area (Å²) >= 11 is 7.38. The highest BCUT2D eigenvalue weighted by atomic mass is 35.5. The minimum atomic E-state index is -0.109. The molecule has 0 aliphatic rings. The van der Waals surface area contributed by atoms with Crippen LogP contribution in [0.1, 0.15) is 11.1 Å². The van der Waals surface area contributed by atoms with Crippen LogP contribution in [-0.4, -0.2) is 31.4 Å². The van der Waals surface area contributed by atoms with Crippen LogP contribution in [0.4, 0.5) is 5.69 Å². The predicted octanol–water partition coefficient (Wildman–Crippen LogP) is 5.33. The van der Waals surface area contributed by atoms with E-state index in [1.54, 1.807) is 18.3 Å². The van der Waals surface area contributed by atoms with Gasteiger partial charge in [0.1, 0.15) is 5.69 Å².